The van der Waals surface area contributed by atoms with E-state index >= 15 is 0 Å². The van der Waals surface area contributed by atoms with Gasteiger partial charge in [-0.2, -0.15) is 4.39 Å². The Labute approximate surface area is 73.1 Å². The molecule has 1 aromatic rings. The molecule has 68 valence electrons. The molecule has 0 saturated carbocycles. The molecule has 0 amide bonds. The molecule has 4 nitrogen and oxygen atoms in total. The highest BCUT2D eigenvalue weighted by atomic mass is 19.1. The number of rotatable bonds is 2. The average Bonchev–Trinajstić information content (AvgIpc) is 2.09. The lowest BCUT2D eigenvalue weighted by Gasteiger charge is -1.99. The van der Waals surface area contributed by atoms with Gasteiger partial charge in [0.25, 0.3) is 0 Å². The second kappa shape index (κ2) is 3.30. The van der Waals surface area contributed by atoms with Gasteiger partial charge in [-0.25, -0.2) is 0 Å². The van der Waals surface area contributed by atoms with Gasteiger partial charge in [0, 0.05) is 17.2 Å². The van der Waals surface area contributed by atoms with Gasteiger partial charge < -0.3 is 0 Å². The summed E-state index contributed by atoms with van der Waals surface area (Å²) in [7, 11) is 0. The lowest BCUT2D eigenvalue weighted by atomic mass is 10.1. The Morgan fingerprint density at radius 1 is 1.54 bits per heavy atom. The summed E-state index contributed by atoms with van der Waals surface area (Å²) >= 11 is 0. The van der Waals surface area contributed by atoms with Gasteiger partial charge >= 0.3 is 5.69 Å². The van der Waals surface area contributed by atoms with E-state index in [1.807, 2.05) is 0 Å². The highest BCUT2D eigenvalue weighted by Crippen LogP contribution is 2.21. The SMILES string of the molecule is Cc1c(C=O)ccc([N+](=O)[O-])c1F. The van der Waals surface area contributed by atoms with Crippen LogP contribution < -0.4 is 0 Å². The number of nitro groups is 1. The molecule has 0 unspecified atom stereocenters. The standard InChI is InChI=1S/C8H6FNO3/c1-5-6(4-11)2-3-7(8(5)9)10(12)13/h2-4H,1H3. The van der Waals surface area contributed by atoms with E-state index in [1.165, 1.54) is 13.0 Å². The number of nitro benzene ring substituents is 1. The Hall–Kier alpha value is -1.78. The van der Waals surface area contributed by atoms with Gasteiger partial charge in [0.2, 0.25) is 5.82 Å². The zero-order valence-electron chi connectivity index (χ0n) is 6.78. The number of carbonyl (C=O) groups excluding carboxylic acids is 1. The lowest BCUT2D eigenvalue weighted by molar-refractivity contribution is -0.387. The Morgan fingerprint density at radius 2 is 2.15 bits per heavy atom. The van der Waals surface area contributed by atoms with Crippen LogP contribution in [0, 0.1) is 22.9 Å². The van der Waals surface area contributed by atoms with Gasteiger partial charge in [0.05, 0.1) is 4.92 Å². The van der Waals surface area contributed by atoms with Gasteiger partial charge in [0.15, 0.2) is 0 Å². The van der Waals surface area contributed by atoms with Gasteiger partial charge in [-0.1, -0.05) is 0 Å². The molecule has 0 aliphatic heterocycles. The summed E-state index contributed by atoms with van der Waals surface area (Å²) in [6.45, 7) is 1.33. The molecule has 0 heterocycles. The van der Waals surface area contributed by atoms with Crippen LogP contribution >= 0.6 is 0 Å². The number of aldehydes is 1. The molecule has 0 spiro atoms. The predicted octanol–water partition coefficient (Wildman–Crippen LogP) is 1.85. The van der Waals surface area contributed by atoms with Crippen molar-refractivity contribution in [3.05, 3.63) is 39.2 Å². The van der Waals surface area contributed by atoms with E-state index in [4.69, 9.17) is 0 Å². The van der Waals surface area contributed by atoms with Crippen LogP contribution in [0.15, 0.2) is 12.1 Å². The molecule has 1 rings (SSSR count). The van der Waals surface area contributed by atoms with E-state index in [1.54, 1.807) is 0 Å². The van der Waals surface area contributed by atoms with Crippen molar-refractivity contribution < 1.29 is 14.1 Å². The first-order valence-corrected chi connectivity index (χ1v) is 3.46. The van der Waals surface area contributed by atoms with Crippen molar-refractivity contribution in [3.63, 3.8) is 0 Å². The van der Waals surface area contributed by atoms with Crippen LogP contribution in [0.4, 0.5) is 10.1 Å². The summed E-state index contributed by atoms with van der Waals surface area (Å²) in [5.41, 5.74) is -0.476. The largest absolute Gasteiger partial charge is 0.305 e. The number of halogens is 1. The second-order valence-electron chi connectivity index (χ2n) is 2.49. The molecule has 13 heavy (non-hydrogen) atoms. The Balaban J connectivity index is 3.39. The van der Waals surface area contributed by atoms with Crippen LogP contribution in [0.1, 0.15) is 15.9 Å². The molecule has 0 saturated heterocycles. The highest BCUT2D eigenvalue weighted by Gasteiger charge is 2.17. The molecule has 0 fully saturated rings. The molecule has 0 radical (unpaired) electrons. The van der Waals surface area contributed by atoms with E-state index in [-0.39, 0.29) is 11.1 Å². The summed E-state index contributed by atoms with van der Waals surface area (Å²) in [5, 5.41) is 10.3. The quantitative estimate of drug-likeness (QED) is 0.399. The molecule has 0 aliphatic rings. The maximum atomic E-state index is 13.1. The molecule has 0 bridgehead atoms. The smallest absolute Gasteiger partial charge is 0.298 e. The van der Waals surface area contributed by atoms with Crippen molar-refractivity contribution >= 4 is 12.0 Å². The number of nitrogens with zero attached hydrogens (tertiary/aromatic N) is 1. The third-order valence-electron chi connectivity index (χ3n) is 1.73. The fourth-order valence-corrected chi connectivity index (χ4v) is 0.954. The van der Waals surface area contributed by atoms with Crippen molar-refractivity contribution in [2.45, 2.75) is 6.92 Å². The summed E-state index contributed by atoms with van der Waals surface area (Å²) < 4.78 is 13.1. The molecule has 0 atom stereocenters. The van der Waals surface area contributed by atoms with E-state index in [0.29, 0.717) is 6.29 Å². The van der Waals surface area contributed by atoms with Crippen LogP contribution in [-0.2, 0) is 0 Å². The minimum absolute atomic E-state index is 0.00389. The Kier molecular flexibility index (Phi) is 2.36. The van der Waals surface area contributed by atoms with Crippen molar-refractivity contribution in [3.8, 4) is 0 Å². The summed E-state index contributed by atoms with van der Waals surface area (Å²) in [6.07, 6.45) is 0.460. The topological polar surface area (TPSA) is 60.2 Å². The van der Waals surface area contributed by atoms with E-state index in [0.717, 1.165) is 6.07 Å². The summed E-state index contributed by atoms with van der Waals surface area (Å²) in [4.78, 5) is 19.8. The number of benzene rings is 1. The normalized spacial score (nSPS) is 9.69. The first-order chi connectivity index (χ1) is 6.07. The maximum absolute atomic E-state index is 13.1. The van der Waals surface area contributed by atoms with E-state index in [9.17, 15) is 19.3 Å². The van der Waals surface area contributed by atoms with Crippen LogP contribution in [0.5, 0.6) is 0 Å². The number of carbonyl (C=O) groups is 1. The summed E-state index contributed by atoms with van der Waals surface area (Å²) in [5.74, 6) is -0.949. The van der Waals surface area contributed by atoms with Gasteiger partial charge in [0.1, 0.15) is 6.29 Å². The van der Waals surface area contributed by atoms with Crippen molar-refractivity contribution in [1.82, 2.24) is 0 Å². The molecular formula is C8H6FNO3. The minimum atomic E-state index is -0.949. The molecular weight excluding hydrogens is 177 g/mol. The Morgan fingerprint density at radius 3 is 2.62 bits per heavy atom. The number of hydrogen-bond donors (Lipinski definition) is 0. The molecule has 1 aromatic carbocycles. The van der Waals surface area contributed by atoms with Crippen molar-refractivity contribution in [1.29, 1.82) is 0 Å². The van der Waals surface area contributed by atoms with Crippen LogP contribution in [0.25, 0.3) is 0 Å². The maximum Gasteiger partial charge on any atom is 0.305 e. The molecule has 0 aromatic heterocycles. The van der Waals surface area contributed by atoms with Crippen LogP contribution in [-0.4, -0.2) is 11.2 Å². The fraction of sp³-hybridized carbons (Fsp3) is 0.125. The lowest BCUT2D eigenvalue weighted by Crippen LogP contribution is -1.97. The molecule has 5 heteroatoms. The molecule has 0 N–H and O–H groups in total. The monoisotopic (exact) mass is 183 g/mol. The third kappa shape index (κ3) is 1.53. The first-order valence-electron chi connectivity index (χ1n) is 3.46. The van der Waals surface area contributed by atoms with Crippen LogP contribution in [0.3, 0.4) is 0 Å². The van der Waals surface area contributed by atoms with Crippen LogP contribution in [0.2, 0.25) is 0 Å². The zero-order chi connectivity index (χ0) is 10.0. The van der Waals surface area contributed by atoms with Gasteiger partial charge in [-0.3, -0.25) is 14.9 Å². The van der Waals surface area contributed by atoms with E-state index in [2.05, 4.69) is 0 Å². The Bertz CT molecular complexity index is 376. The minimum Gasteiger partial charge on any atom is -0.298 e. The average molecular weight is 183 g/mol. The van der Waals surface area contributed by atoms with Gasteiger partial charge in [-0.05, 0) is 13.0 Å². The predicted molar refractivity (Wildman–Crippen MR) is 43.2 cm³/mol. The van der Waals surface area contributed by atoms with Crippen molar-refractivity contribution in [2.24, 2.45) is 0 Å². The highest BCUT2D eigenvalue weighted by molar-refractivity contribution is 5.78. The van der Waals surface area contributed by atoms with E-state index < -0.39 is 16.4 Å². The fourth-order valence-electron chi connectivity index (χ4n) is 0.954. The first kappa shape index (κ1) is 9.31. The number of hydrogen-bond acceptors (Lipinski definition) is 3. The van der Waals surface area contributed by atoms with Crippen molar-refractivity contribution in [2.75, 3.05) is 0 Å². The zero-order valence-corrected chi connectivity index (χ0v) is 6.78. The second-order valence-corrected chi connectivity index (χ2v) is 2.49. The summed E-state index contributed by atoms with van der Waals surface area (Å²) in [6, 6.07) is 2.20. The van der Waals surface area contributed by atoms with Gasteiger partial charge in [-0.15, -0.1) is 0 Å². The third-order valence-corrected chi connectivity index (χ3v) is 1.73. The molecule has 0 aliphatic carbocycles.